The number of esters is 1. The standard InChI is InChI=1S/C21H28O3/c1-2-24-21(23)19-12-16(13-20(22)14-19)8-7-15-9-10-17-5-3-4-6-18(17)11-15/h9-12,19-20,22H,2-8,13-14H2,1H3/t19-,20+/m1/s1. The van der Waals surface area contributed by atoms with Crippen molar-refractivity contribution in [1.29, 1.82) is 0 Å². The first-order valence-corrected chi connectivity index (χ1v) is 9.30. The SMILES string of the molecule is CCOC(=O)[C@@H]1C=C(CCc2ccc3c(c2)CCCC3)C[C@H](O)C1. The Bertz CT molecular complexity index is 618. The van der Waals surface area contributed by atoms with Crippen molar-refractivity contribution in [2.24, 2.45) is 5.92 Å². The summed E-state index contributed by atoms with van der Waals surface area (Å²) in [5.41, 5.74) is 5.58. The summed E-state index contributed by atoms with van der Waals surface area (Å²) in [6, 6.07) is 6.89. The molecule has 2 atom stereocenters. The predicted octanol–water partition coefficient (Wildman–Crippen LogP) is 3.76. The summed E-state index contributed by atoms with van der Waals surface area (Å²) in [5, 5.41) is 10.1. The molecule has 3 rings (SSSR count). The lowest BCUT2D eigenvalue weighted by atomic mass is 9.85. The Kier molecular flexibility index (Phi) is 5.72. The van der Waals surface area contributed by atoms with Crippen LogP contribution in [0.1, 0.15) is 55.7 Å². The number of hydrogen-bond donors (Lipinski definition) is 1. The number of hydrogen-bond acceptors (Lipinski definition) is 3. The molecule has 2 aliphatic rings. The summed E-state index contributed by atoms with van der Waals surface area (Å²) in [7, 11) is 0. The summed E-state index contributed by atoms with van der Waals surface area (Å²) < 4.78 is 5.11. The van der Waals surface area contributed by atoms with E-state index >= 15 is 0 Å². The minimum Gasteiger partial charge on any atom is -0.466 e. The maximum absolute atomic E-state index is 11.9. The minimum absolute atomic E-state index is 0.206. The van der Waals surface area contributed by atoms with Gasteiger partial charge >= 0.3 is 5.97 Å². The fourth-order valence-electron chi connectivity index (χ4n) is 3.95. The van der Waals surface area contributed by atoms with Gasteiger partial charge in [0, 0.05) is 0 Å². The molecule has 1 aromatic rings. The van der Waals surface area contributed by atoms with Crippen LogP contribution in [0, 0.1) is 5.92 Å². The van der Waals surface area contributed by atoms with Crippen molar-refractivity contribution in [2.45, 2.75) is 64.4 Å². The van der Waals surface area contributed by atoms with E-state index in [1.165, 1.54) is 47.9 Å². The van der Waals surface area contributed by atoms with Crippen molar-refractivity contribution in [3.63, 3.8) is 0 Å². The summed E-state index contributed by atoms with van der Waals surface area (Å²) in [5.74, 6) is -0.491. The molecule has 3 nitrogen and oxygen atoms in total. The van der Waals surface area contributed by atoms with Crippen LogP contribution in [-0.2, 0) is 28.8 Å². The van der Waals surface area contributed by atoms with Crippen LogP contribution in [0.2, 0.25) is 0 Å². The lowest BCUT2D eigenvalue weighted by molar-refractivity contribution is -0.147. The molecule has 0 aliphatic heterocycles. The first kappa shape index (κ1) is 17.2. The van der Waals surface area contributed by atoms with Gasteiger partial charge in [0.05, 0.1) is 18.6 Å². The van der Waals surface area contributed by atoms with E-state index in [4.69, 9.17) is 4.74 Å². The van der Waals surface area contributed by atoms with E-state index in [1.54, 1.807) is 0 Å². The van der Waals surface area contributed by atoms with E-state index in [0.717, 1.165) is 12.8 Å². The second-order valence-corrected chi connectivity index (χ2v) is 7.09. The fourth-order valence-corrected chi connectivity index (χ4v) is 3.95. The number of fused-ring (bicyclic) bond motifs is 1. The maximum Gasteiger partial charge on any atom is 0.312 e. The number of rotatable bonds is 5. The van der Waals surface area contributed by atoms with Crippen LogP contribution in [0.5, 0.6) is 0 Å². The van der Waals surface area contributed by atoms with Crippen LogP contribution in [0.4, 0.5) is 0 Å². The first-order valence-electron chi connectivity index (χ1n) is 9.30. The van der Waals surface area contributed by atoms with E-state index in [0.29, 0.717) is 19.4 Å². The first-order chi connectivity index (χ1) is 11.7. The topological polar surface area (TPSA) is 46.5 Å². The number of carbonyl (C=O) groups excluding carboxylic acids is 1. The summed E-state index contributed by atoms with van der Waals surface area (Å²) >= 11 is 0. The van der Waals surface area contributed by atoms with Crippen LogP contribution in [-0.4, -0.2) is 23.8 Å². The number of ether oxygens (including phenoxy) is 1. The monoisotopic (exact) mass is 328 g/mol. The van der Waals surface area contributed by atoms with Crippen LogP contribution in [0.15, 0.2) is 29.8 Å². The van der Waals surface area contributed by atoms with Crippen LogP contribution in [0.25, 0.3) is 0 Å². The Morgan fingerprint density at radius 1 is 1.21 bits per heavy atom. The van der Waals surface area contributed by atoms with Crippen molar-refractivity contribution >= 4 is 5.97 Å². The van der Waals surface area contributed by atoms with Crippen molar-refractivity contribution in [3.05, 3.63) is 46.5 Å². The second kappa shape index (κ2) is 7.98. The predicted molar refractivity (Wildman–Crippen MR) is 94.9 cm³/mol. The van der Waals surface area contributed by atoms with Crippen molar-refractivity contribution in [2.75, 3.05) is 6.61 Å². The van der Waals surface area contributed by atoms with Gasteiger partial charge in [-0.2, -0.15) is 0 Å². The van der Waals surface area contributed by atoms with E-state index < -0.39 is 6.10 Å². The second-order valence-electron chi connectivity index (χ2n) is 7.09. The molecular formula is C21H28O3. The van der Waals surface area contributed by atoms with E-state index in [2.05, 4.69) is 18.2 Å². The number of aliphatic hydroxyl groups excluding tert-OH is 1. The molecule has 0 heterocycles. The van der Waals surface area contributed by atoms with Gasteiger partial charge in [0.15, 0.2) is 0 Å². The highest BCUT2D eigenvalue weighted by Crippen LogP contribution is 2.28. The van der Waals surface area contributed by atoms with E-state index in [-0.39, 0.29) is 11.9 Å². The van der Waals surface area contributed by atoms with Gasteiger partial charge in [0.2, 0.25) is 0 Å². The Labute approximate surface area is 144 Å². The highest BCUT2D eigenvalue weighted by atomic mass is 16.5. The van der Waals surface area contributed by atoms with Crippen LogP contribution < -0.4 is 0 Å². The Hall–Kier alpha value is -1.61. The third-order valence-corrected chi connectivity index (χ3v) is 5.20. The molecule has 1 N–H and O–H groups in total. The van der Waals surface area contributed by atoms with Crippen LogP contribution >= 0.6 is 0 Å². The lowest BCUT2D eigenvalue weighted by Gasteiger charge is -2.24. The quantitative estimate of drug-likeness (QED) is 0.661. The molecule has 0 saturated carbocycles. The molecule has 3 heteroatoms. The van der Waals surface area contributed by atoms with Crippen molar-refractivity contribution in [1.82, 2.24) is 0 Å². The molecule has 0 spiro atoms. The van der Waals surface area contributed by atoms with Gasteiger partial charge < -0.3 is 9.84 Å². The number of aryl methyl sites for hydroxylation is 3. The number of aliphatic hydroxyl groups is 1. The van der Waals surface area contributed by atoms with Crippen LogP contribution in [0.3, 0.4) is 0 Å². The Balaban J connectivity index is 1.63. The highest BCUT2D eigenvalue weighted by molar-refractivity contribution is 5.75. The van der Waals surface area contributed by atoms with Gasteiger partial charge in [-0.3, -0.25) is 4.79 Å². The van der Waals surface area contributed by atoms with Gasteiger partial charge in [0.25, 0.3) is 0 Å². The van der Waals surface area contributed by atoms with Gasteiger partial charge in [0.1, 0.15) is 0 Å². The molecule has 0 amide bonds. The minimum atomic E-state index is -0.428. The molecule has 2 aliphatic carbocycles. The molecule has 0 radical (unpaired) electrons. The zero-order valence-corrected chi connectivity index (χ0v) is 14.6. The van der Waals surface area contributed by atoms with Gasteiger partial charge in [-0.1, -0.05) is 29.8 Å². The molecule has 0 unspecified atom stereocenters. The molecule has 130 valence electrons. The van der Waals surface area contributed by atoms with Crippen molar-refractivity contribution < 1.29 is 14.6 Å². The normalized spacial score (nSPS) is 23.3. The Morgan fingerprint density at radius 2 is 2.00 bits per heavy atom. The zero-order valence-electron chi connectivity index (χ0n) is 14.6. The molecular weight excluding hydrogens is 300 g/mol. The third-order valence-electron chi connectivity index (χ3n) is 5.20. The average Bonchev–Trinajstić information content (AvgIpc) is 2.59. The molecule has 0 saturated heterocycles. The lowest BCUT2D eigenvalue weighted by Crippen LogP contribution is -2.26. The fraction of sp³-hybridized carbons (Fsp3) is 0.571. The van der Waals surface area contributed by atoms with Gasteiger partial charge in [-0.15, -0.1) is 0 Å². The summed E-state index contributed by atoms with van der Waals surface area (Å²) in [4.78, 5) is 11.9. The largest absolute Gasteiger partial charge is 0.466 e. The number of benzene rings is 1. The zero-order chi connectivity index (χ0) is 16.9. The summed E-state index contributed by atoms with van der Waals surface area (Å²) in [6.45, 7) is 2.21. The number of carbonyl (C=O) groups is 1. The van der Waals surface area contributed by atoms with E-state index in [9.17, 15) is 9.90 Å². The molecule has 0 fully saturated rings. The highest BCUT2D eigenvalue weighted by Gasteiger charge is 2.26. The summed E-state index contributed by atoms with van der Waals surface area (Å²) in [6.07, 6.45) is 9.69. The van der Waals surface area contributed by atoms with E-state index in [1.807, 2.05) is 13.0 Å². The van der Waals surface area contributed by atoms with Crippen molar-refractivity contribution in [3.8, 4) is 0 Å². The van der Waals surface area contributed by atoms with Gasteiger partial charge in [-0.05, 0) is 75.0 Å². The smallest absolute Gasteiger partial charge is 0.312 e. The Morgan fingerprint density at radius 3 is 2.79 bits per heavy atom. The third kappa shape index (κ3) is 4.27. The molecule has 0 aromatic heterocycles. The molecule has 24 heavy (non-hydrogen) atoms. The molecule has 0 bridgehead atoms. The maximum atomic E-state index is 11.9. The molecule has 1 aromatic carbocycles. The van der Waals surface area contributed by atoms with Gasteiger partial charge in [-0.25, -0.2) is 0 Å². The average molecular weight is 328 g/mol.